The van der Waals surface area contributed by atoms with Gasteiger partial charge in [0, 0.05) is 11.3 Å². The average molecular weight is 361 g/mol. The zero-order valence-corrected chi connectivity index (χ0v) is 15.3. The number of alkyl halides is 1. The molecule has 1 atom stereocenters. The Morgan fingerprint density at radius 1 is 1.30 bits per heavy atom. The first-order valence-electron chi connectivity index (χ1n) is 7.52. The fraction of sp³-hybridized carbons (Fsp3) is 0.529. The summed E-state index contributed by atoms with van der Waals surface area (Å²) < 4.78 is 34.5. The van der Waals surface area contributed by atoms with Gasteiger partial charge >= 0.3 is 0 Å². The van der Waals surface area contributed by atoms with Gasteiger partial charge in [0.2, 0.25) is 0 Å². The molecule has 0 aliphatic carbocycles. The van der Waals surface area contributed by atoms with Crippen LogP contribution in [0.3, 0.4) is 0 Å². The van der Waals surface area contributed by atoms with E-state index in [1.165, 1.54) is 0 Å². The Bertz CT molecular complexity index is 570. The molecular formula is C17H25ClO4S. The Balaban J connectivity index is 2.58. The summed E-state index contributed by atoms with van der Waals surface area (Å²) in [6, 6.07) is 9.77. The van der Waals surface area contributed by atoms with Crippen LogP contribution in [0.25, 0.3) is 0 Å². The Morgan fingerprint density at radius 2 is 1.96 bits per heavy atom. The molecule has 0 spiro atoms. The van der Waals surface area contributed by atoms with Gasteiger partial charge in [0.15, 0.2) is 0 Å². The van der Waals surface area contributed by atoms with Gasteiger partial charge in [0.1, 0.15) is 0 Å². The summed E-state index contributed by atoms with van der Waals surface area (Å²) in [5.74, 6) is 0.220. The molecule has 0 heterocycles. The summed E-state index contributed by atoms with van der Waals surface area (Å²) in [5, 5.41) is 0. The van der Waals surface area contributed by atoms with Gasteiger partial charge < -0.3 is 4.74 Å². The molecule has 0 fully saturated rings. The molecular weight excluding hydrogens is 336 g/mol. The van der Waals surface area contributed by atoms with Crippen molar-refractivity contribution < 1.29 is 17.3 Å². The molecule has 4 nitrogen and oxygen atoms in total. The highest BCUT2D eigenvalue weighted by Crippen LogP contribution is 2.26. The largest absolute Gasteiger partial charge is 0.369 e. The second-order valence-corrected chi connectivity index (χ2v) is 8.15. The molecule has 0 amide bonds. The summed E-state index contributed by atoms with van der Waals surface area (Å²) in [7, 11) is -3.56. The van der Waals surface area contributed by atoms with Crippen molar-refractivity contribution >= 4 is 21.7 Å². The zero-order valence-electron chi connectivity index (χ0n) is 13.7. The minimum atomic E-state index is -3.56. The number of ether oxygens (including phenoxy) is 1. The fourth-order valence-corrected chi connectivity index (χ4v) is 3.38. The van der Waals surface area contributed by atoms with Crippen molar-refractivity contribution in [2.24, 2.45) is 5.41 Å². The number of hydrogen-bond donors (Lipinski definition) is 0. The molecule has 0 aromatic heterocycles. The highest BCUT2D eigenvalue weighted by Gasteiger charge is 2.30. The van der Waals surface area contributed by atoms with Gasteiger partial charge in [-0.1, -0.05) is 50.3 Å². The van der Waals surface area contributed by atoms with E-state index in [1.54, 1.807) is 6.08 Å². The lowest BCUT2D eigenvalue weighted by molar-refractivity contribution is -0.0228. The highest BCUT2D eigenvalue weighted by molar-refractivity contribution is 7.86. The van der Waals surface area contributed by atoms with Crippen LogP contribution in [0.15, 0.2) is 43.0 Å². The van der Waals surface area contributed by atoms with E-state index in [1.807, 2.05) is 44.2 Å². The third-order valence-electron chi connectivity index (χ3n) is 3.40. The molecule has 0 unspecified atom stereocenters. The maximum atomic E-state index is 11.8. The highest BCUT2D eigenvalue weighted by atomic mass is 35.5. The lowest BCUT2D eigenvalue weighted by Gasteiger charge is -2.31. The molecule has 0 N–H and O–H groups in total. The number of hydrogen-bond acceptors (Lipinski definition) is 4. The van der Waals surface area contributed by atoms with E-state index in [4.69, 9.17) is 20.5 Å². The van der Waals surface area contributed by atoms with Crippen molar-refractivity contribution in [3.05, 3.63) is 48.6 Å². The first-order valence-corrected chi connectivity index (χ1v) is 9.63. The molecule has 1 aromatic rings. The molecule has 0 saturated carbocycles. The van der Waals surface area contributed by atoms with Crippen LogP contribution < -0.4 is 0 Å². The van der Waals surface area contributed by atoms with E-state index in [9.17, 15) is 8.42 Å². The number of benzene rings is 1. The maximum Gasteiger partial charge on any atom is 0.267 e. The van der Waals surface area contributed by atoms with Gasteiger partial charge in [-0.3, -0.25) is 4.18 Å². The zero-order chi connectivity index (χ0) is 17.3. The van der Waals surface area contributed by atoms with Gasteiger partial charge in [-0.25, -0.2) is 0 Å². The molecule has 0 aliphatic heterocycles. The third kappa shape index (κ3) is 7.48. The monoisotopic (exact) mass is 360 g/mol. The van der Waals surface area contributed by atoms with Crippen LogP contribution in [0.2, 0.25) is 0 Å². The molecule has 23 heavy (non-hydrogen) atoms. The first-order chi connectivity index (χ1) is 10.8. The average Bonchev–Trinajstić information content (AvgIpc) is 2.53. The predicted octanol–water partition coefficient (Wildman–Crippen LogP) is 3.76. The smallest absolute Gasteiger partial charge is 0.267 e. The van der Waals surface area contributed by atoms with Crippen molar-refractivity contribution in [1.29, 1.82) is 0 Å². The van der Waals surface area contributed by atoms with Crippen LogP contribution in [-0.4, -0.2) is 32.8 Å². The minimum absolute atomic E-state index is 0.0308. The van der Waals surface area contributed by atoms with Gasteiger partial charge in [-0.15, -0.1) is 18.2 Å². The van der Waals surface area contributed by atoms with Crippen molar-refractivity contribution in [3.63, 3.8) is 0 Å². The molecule has 130 valence electrons. The number of halogens is 1. The van der Waals surface area contributed by atoms with Crippen molar-refractivity contribution in [3.8, 4) is 0 Å². The van der Waals surface area contributed by atoms with Crippen molar-refractivity contribution in [2.45, 2.75) is 33.0 Å². The molecule has 0 saturated heterocycles. The van der Waals surface area contributed by atoms with E-state index in [0.29, 0.717) is 18.9 Å². The van der Waals surface area contributed by atoms with Crippen LogP contribution in [0, 0.1) is 5.41 Å². The van der Waals surface area contributed by atoms with Crippen LogP contribution in [0.5, 0.6) is 0 Å². The lowest BCUT2D eigenvalue weighted by atomic mass is 9.87. The second kappa shape index (κ2) is 9.42. The first kappa shape index (κ1) is 20.2. The minimum Gasteiger partial charge on any atom is -0.369 e. The molecule has 0 aliphatic rings. The Hall–Kier alpha value is -0.880. The SMILES string of the molecule is C=C[C@H](OCc1ccccc1)C(C)(C)COS(=O)(=O)CCCCl. The Kier molecular flexibility index (Phi) is 8.26. The quantitative estimate of drug-likeness (QED) is 0.342. The van der Waals surface area contributed by atoms with Crippen LogP contribution in [0.4, 0.5) is 0 Å². The van der Waals surface area contributed by atoms with Gasteiger partial charge in [0.05, 0.1) is 25.1 Å². The summed E-state index contributed by atoms with van der Waals surface area (Å²) in [5.41, 5.74) is 0.524. The van der Waals surface area contributed by atoms with E-state index in [2.05, 4.69) is 6.58 Å². The van der Waals surface area contributed by atoms with Crippen LogP contribution >= 0.6 is 11.6 Å². The summed E-state index contributed by atoms with van der Waals surface area (Å²) in [4.78, 5) is 0. The summed E-state index contributed by atoms with van der Waals surface area (Å²) in [6.07, 6.45) is 1.73. The molecule has 6 heteroatoms. The van der Waals surface area contributed by atoms with E-state index >= 15 is 0 Å². The Morgan fingerprint density at radius 3 is 2.52 bits per heavy atom. The van der Waals surface area contributed by atoms with E-state index < -0.39 is 15.5 Å². The van der Waals surface area contributed by atoms with Gasteiger partial charge in [-0.05, 0) is 12.0 Å². The molecule has 0 radical (unpaired) electrons. The molecule has 1 aromatic carbocycles. The summed E-state index contributed by atoms with van der Waals surface area (Å²) >= 11 is 5.52. The van der Waals surface area contributed by atoms with Crippen molar-refractivity contribution in [2.75, 3.05) is 18.2 Å². The topological polar surface area (TPSA) is 52.6 Å². The second-order valence-electron chi connectivity index (χ2n) is 6.01. The van der Waals surface area contributed by atoms with E-state index in [0.717, 1.165) is 5.56 Å². The van der Waals surface area contributed by atoms with Crippen LogP contribution in [0.1, 0.15) is 25.8 Å². The van der Waals surface area contributed by atoms with Crippen molar-refractivity contribution in [1.82, 2.24) is 0 Å². The number of rotatable bonds is 11. The molecule has 1 rings (SSSR count). The fourth-order valence-electron chi connectivity index (χ4n) is 1.99. The summed E-state index contributed by atoms with van der Waals surface area (Å²) in [6.45, 7) is 8.03. The molecule has 0 bridgehead atoms. The maximum absolute atomic E-state index is 11.8. The standard InChI is InChI=1S/C17H25ClO4S/c1-4-16(21-13-15-9-6-5-7-10-15)17(2,3)14-22-23(19,20)12-8-11-18/h4-7,9-10,16H,1,8,11-14H2,2-3H3/t16-/m0/s1. The lowest BCUT2D eigenvalue weighted by Crippen LogP contribution is -2.35. The Labute approximate surface area is 144 Å². The third-order valence-corrected chi connectivity index (χ3v) is 4.93. The van der Waals surface area contributed by atoms with Crippen LogP contribution in [-0.2, 0) is 25.6 Å². The predicted molar refractivity (Wildman–Crippen MR) is 94.1 cm³/mol. The van der Waals surface area contributed by atoms with E-state index in [-0.39, 0.29) is 18.5 Å². The van der Waals surface area contributed by atoms with Gasteiger partial charge in [-0.2, -0.15) is 8.42 Å². The normalized spacial score (nSPS) is 13.7. The van der Waals surface area contributed by atoms with Gasteiger partial charge in [0.25, 0.3) is 10.1 Å².